The van der Waals surface area contributed by atoms with Gasteiger partial charge in [0.25, 0.3) is 0 Å². The number of hydrogen-bond acceptors (Lipinski definition) is 3. The van der Waals surface area contributed by atoms with Crippen molar-refractivity contribution >= 4 is 23.5 Å². The van der Waals surface area contributed by atoms with Crippen molar-refractivity contribution in [2.24, 2.45) is 5.92 Å². The smallest absolute Gasteiger partial charge is 0.329 e. The molecular weight excluding hydrogens is 306 g/mol. The summed E-state index contributed by atoms with van der Waals surface area (Å²) in [7, 11) is 0. The summed E-state index contributed by atoms with van der Waals surface area (Å²) in [6.45, 7) is 0.260. The fourth-order valence-corrected chi connectivity index (χ4v) is 3.43. The molecule has 0 spiro atoms. The second kappa shape index (κ2) is 5.80. The number of nitrogens with one attached hydrogen (secondary N) is 1. The first kappa shape index (κ1) is 15.2. The standard InChI is InChI=1S/C16H18ClNO4/c17-12-3-4-13-10(8-12)7-11(9-22-13)14(19)18-16(15(20)21)5-1-2-6-16/h3-4,8,11H,1-2,5-7,9H2,(H,18,19)(H,20,21). The Balaban J connectivity index is 1.72. The number of carboxylic acid groups (broad SMARTS) is 1. The van der Waals surface area contributed by atoms with Crippen molar-refractivity contribution < 1.29 is 19.4 Å². The Labute approximate surface area is 133 Å². The molecule has 0 saturated heterocycles. The lowest BCUT2D eigenvalue weighted by atomic mass is 9.92. The average molecular weight is 324 g/mol. The van der Waals surface area contributed by atoms with Crippen molar-refractivity contribution in [3.8, 4) is 5.75 Å². The van der Waals surface area contributed by atoms with Crippen LogP contribution in [0.3, 0.4) is 0 Å². The Hall–Kier alpha value is -1.75. The molecule has 1 unspecified atom stereocenters. The highest BCUT2D eigenvalue weighted by Crippen LogP contribution is 2.33. The van der Waals surface area contributed by atoms with E-state index < -0.39 is 11.5 Å². The molecule has 6 heteroatoms. The summed E-state index contributed by atoms with van der Waals surface area (Å²) in [6.07, 6.45) is 3.14. The predicted octanol–water partition coefficient (Wildman–Crippen LogP) is 2.40. The molecule has 2 N–H and O–H groups in total. The van der Waals surface area contributed by atoms with Gasteiger partial charge in [0.2, 0.25) is 5.91 Å². The average Bonchev–Trinajstić information content (AvgIpc) is 2.96. The van der Waals surface area contributed by atoms with Gasteiger partial charge in [-0.25, -0.2) is 4.79 Å². The zero-order valence-corrected chi connectivity index (χ0v) is 12.9. The van der Waals surface area contributed by atoms with Crippen LogP contribution in [0, 0.1) is 5.92 Å². The largest absolute Gasteiger partial charge is 0.492 e. The lowest BCUT2D eigenvalue weighted by molar-refractivity contribution is -0.148. The van der Waals surface area contributed by atoms with Crippen LogP contribution in [0.2, 0.25) is 5.02 Å². The van der Waals surface area contributed by atoms with E-state index in [0.29, 0.717) is 24.3 Å². The molecule has 1 saturated carbocycles. The maximum atomic E-state index is 12.5. The van der Waals surface area contributed by atoms with Crippen LogP contribution in [-0.4, -0.2) is 29.1 Å². The SMILES string of the molecule is O=C(NC1(C(=O)O)CCCC1)C1COc2ccc(Cl)cc2C1. The molecule has 1 amide bonds. The second-order valence-electron chi connectivity index (χ2n) is 6.05. The first-order valence-electron chi connectivity index (χ1n) is 7.47. The summed E-state index contributed by atoms with van der Waals surface area (Å²) < 4.78 is 5.60. The molecule has 0 radical (unpaired) electrons. The van der Waals surface area contributed by atoms with Crippen LogP contribution in [0.15, 0.2) is 18.2 Å². The zero-order valence-electron chi connectivity index (χ0n) is 12.1. The van der Waals surface area contributed by atoms with Gasteiger partial charge in [0, 0.05) is 5.02 Å². The number of halogens is 1. The lowest BCUT2D eigenvalue weighted by Crippen LogP contribution is -2.55. The minimum absolute atomic E-state index is 0.255. The Morgan fingerprint density at radius 3 is 2.73 bits per heavy atom. The number of ether oxygens (including phenoxy) is 1. The first-order valence-corrected chi connectivity index (χ1v) is 7.85. The minimum Gasteiger partial charge on any atom is -0.492 e. The van der Waals surface area contributed by atoms with Gasteiger partial charge in [-0.3, -0.25) is 4.79 Å². The molecule has 2 aliphatic rings. The van der Waals surface area contributed by atoms with Gasteiger partial charge in [-0.2, -0.15) is 0 Å². The molecule has 1 fully saturated rings. The van der Waals surface area contributed by atoms with Gasteiger partial charge < -0.3 is 15.2 Å². The van der Waals surface area contributed by atoms with Crippen molar-refractivity contribution in [1.29, 1.82) is 0 Å². The Kier molecular flexibility index (Phi) is 4.00. The van der Waals surface area contributed by atoms with Crippen LogP contribution in [0.4, 0.5) is 0 Å². The molecular formula is C16H18ClNO4. The molecule has 1 aromatic rings. The van der Waals surface area contributed by atoms with Crippen LogP contribution >= 0.6 is 11.6 Å². The van der Waals surface area contributed by atoms with Gasteiger partial charge in [-0.1, -0.05) is 24.4 Å². The number of rotatable bonds is 3. The molecule has 1 aromatic carbocycles. The third kappa shape index (κ3) is 2.77. The van der Waals surface area contributed by atoms with Crippen LogP contribution in [-0.2, 0) is 16.0 Å². The highest BCUT2D eigenvalue weighted by molar-refractivity contribution is 6.30. The van der Waals surface area contributed by atoms with Crippen LogP contribution in [0.25, 0.3) is 0 Å². The lowest BCUT2D eigenvalue weighted by Gasteiger charge is -2.30. The summed E-state index contributed by atoms with van der Waals surface area (Å²) in [5.41, 5.74) is -0.221. The van der Waals surface area contributed by atoms with E-state index in [1.165, 1.54) is 0 Å². The summed E-state index contributed by atoms with van der Waals surface area (Å²) in [4.78, 5) is 24.0. The highest BCUT2D eigenvalue weighted by Gasteiger charge is 2.44. The summed E-state index contributed by atoms with van der Waals surface area (Å²) in [5.74, 6) is -0.849. The number of carbonyl (C=O) groups is 2. The van der Waals surface area contributed by atoms with Crippen LogP contribution in [0.5, 0.6) is 5.75 Å². The molecule has 1 aliphatic carbocycles. The summed E-state index contributed by atoms with van der Waals surface area (Å²) in [6, 6.07) is 5.33. The molecule has 5 nitrogen and oxygen atoms in total. The number of aliphatic carboxylic acids is 1. The maximum absolute atomic E-state index is 12.5. The van der Waals surface area contributed by atoms with E-state index in [-0.39, 0.29) is 18.4 Å². The van der Waals surface area contributed by atoms with E-state index in [9.17, 15) is 14.7 Å². The molecule has 22 heavy (non-hydrogen) atoms. The van der Waals surface area contributed by atoms with Crippen molar-refractivity contribution in [3.63, 3.8) is 0 Å². The van der Waals surface area contributed by atoms with Gasteiger partial charge in [0.05, 0.1) is 5.92 Å². The number of amides is 1. The van der Waals surface area contributed by atoms with E-state index >= 15 is 0 Å². The van der Waals surface area contributed by atoms with Crippen molar-refractivity contribution in [1.82, 2.24) is 5.32 Å². The molecule has 1 aliphatic heterocycles. The molecule has 118 valence electrons. The normalized spacial score (nSPS) is 22.5. The fourth-order valence-electron chi connectivity index (χ4n) is 3.24. The zero-order chi connectivity index (χ0) is 15.7. The molecule has 1 heterocycles. The first-order chi connectivity index (χ1) is 10.5. The van der Waals surface area contributed by atoms with Gasteiger partial charge in [0.1, 0.15) is 17.9 Å². The predicted molar refractivity (Wildman–Crippen MR) is 81.1 cm³/mol. The Morgan fingerprint density at radius 2 is 2.05 bits per heavy atom. The second-order valence-corrected chi connectivity index (χ2v) is 6.48. The van der Waals surface area contributed by atoms with Crippen molar-refractivity contribution in [2.75, 3.05) is 6.61 Å². The van der Waals surface area contributed by atoms with Crippen molar-refractivity contribution in [2.45, 2.75) is 37.6 Å². The van der Waals surface area contributed by atoms with E-state index in [0.717, 1.165) is 24.2 Å². The molecule has 0 bridgehead atoms. The van der Waals surface area contributed by atoms with E-state index in [4.69, 9.17) is 16.3 Å². The van der Waals surface area contributed by atoms with Crippen LogP contribution in [0.1, 0.15) is 31.2 Å². The van der Waals surface area contributed by atoms with Gasteiger partial charge in [-0.05, 0) is 43.0 Å². The third-order valence-corrected chi connectivity index (χ3v) is 4.76. The maximum Gasteiger partial charge on any atom is 0.329 e. The quantitative estimate of drug-likeness (QED) is 0.895. The Bertz CT molecular complexity index is 610. The number of carbonyl (C=O) groups excluding carboxylic acids is 1. The van der Waals surface area contributed by atoms with Crippen LogP contribution < -0.4 is 10.1 Å². The molecule has 1 atom stereocenters. The Morgan fingerprint density at radius 1 is 1.32 bits per heavy atom. The fraction of sp³-hybridized carbons (Fsp3) is 0.500. The third-order valence-electron chi connectivity index (χ3n) is 4.53. The van der Waals surface area contributed by atoms with E-state index in [1.807, 2.05) is 0 Å². The van der Waals surface area contributed by atoms with Gasteiger partial charge in [-0.15, -0.1) is 0 Å². The van der Waals surface area contributed by atoms with Gasteiger partial charge >= 0.3 is 5.97 Å². The number of benzene rings is 1. The highest BCUT2D eigenvalue weighted by atomic mass is 35.5. The number of carboxylic acids is 1. The monoisotopic (exact) mass is 323 g/mol. The minimum atomic E-state index is -1.11. The number of hydrogen-bond donors (Lipinski definition) is 2. The van der Waals surface area contributed by atoms with E-state index in [1.54, 1.807) is 18.2 Å². The molecule has 3 rings (SSSR count). The van der Waals surface area contributed by atoms with E-state index in [2.05, 4.69) is 5.32 Å². The topological polar surface area (TPSA) is 75.6 Å². The number of fused-ring (bicyclic) bond motifs is 1. The summed E-state index contributed by atoms with van der Waals surface area (Å²) in [5, 5.41) is 12.8. The summed E-state index contributed by atoms with van der Waals surface area (Å²) >= 11 is 5.97. The van der Waals surface area contributed by atoms with Gasteiger partial charge in [0.15, 0.2) is 0 Å². The molecule has 0 aromatic heterocycles. The van der Waals surface area contributed by atoms with Crippen molar-refractivity contribution in [3.05, 3.63) is 28.8 Å².